The molecule has 0 unspecified atom stereocenters. The number of phenolic OH excluding ortho intramolecular Hbond substituents is 1. The second-order valence-corrected chi connectivity index (χ2v) is 3.62. The summed E-state index contributed by atoms with van der Waals surface area (Å²) in [6, 6.07) is 3.75. The van der Waals surface area contributed by atoms with Gasteiger partial charge in [0.25, 0.3) is 0 Å². The summed E-state index contributed by atoms with van der Waals surface area (Å²) in [4.78, 5) is 10.7. The topological polar surface area (TPSA) is 57.5 Å². The van der Waals surface area contributed by atoms with E-state index in [2.05, 4.69) is 0 Å². The Hall–Kier alpha value is -1.29. The monoisotopic (exact) mass is 248 g/mol. The third-order valence-electron chi connectivity index (χ3n) is 2.61. The molecule has 0 amide bonds. The molecule has 90 valence electrons. The number of carboxylic acid groups (broad SMARTS) is 1. The van der Waals surface area contributed by atoms with Gasteiger partial charge in [0.1, 0.15) is 11.6 Å². The largest absolute Gasteiger partial charge is 0.508 e. The summed E-state index contributed by atoms with van der Waals surface area (Å²) in [6.45, 7) is 3.17. The molecule has 1 aromatic carbocycles. The molecular weight excluding hydrogens is 235 g/mol. The summed E-state index contributed by atoms with van der Waals surface area (Å²) in [7, 11) is 0. The highest BCUT2D eigenvalue weighted by atomic mass is 35.5. The van der Waals surface area contributed by atoms with Crippen molar-refractivity contribution in [2.45, 2.75) is 19.8 Å². The molecule has 3 nitrogen and oxygen atoms in total. The minimum Gasteiger partial charge on any atom is -0.508 e. The van der Waals surface area contributed by atoms with Crippen LogP contribution in [-0.2, 0) is 4.79 Å². The average molecular weight is 249 g/mol. The van der Waals surface area contributed by atoms with Gasteiger partial charge in [-0.2, -0.15) is 0 Å². The van der Waals surface area contributed by atoms with Crippen molar-refractivity contribution in [2.24, 2.45) is 5.92 Å². The van der Waals surface area contributed by atoms with E-state index >= 15 is 0 Å². The smallest absolute Gasteiger partial charge is 0.306 e. The van der Waals surface area contributed by atoms with Crippen LogP contribution in [0, 0.1) is 11.7 Å². The van der Waals surface area contributed by atoms with Crippen molar-refractivity contribution in [3.63, 3.8) is 0 Å². The third-order valence-corrected chi connectivity index (χ3v) is 2.61. The van der Waals surface area contributed by atoms with Gasteiger partial charge in [0, 0.05) is 6.07 Å². The van der Waals surface area contributed by atoms with E-state index in [-0.39, 0.29) is 18.2 Å². The number of halogens is 2. The zero-order valence-electron chi connectivity index (χ0n) is 8.98. The van der Waals surface area contributed by atoms with Crippen molar-refractivity contribution in [1.29, 1.82) is 0 Å². The fourth-order valence-electron chi connectivity index (χ4n) is 1.37. The minimum absolute atomic E-state index is 0. The number of rotatable bonds is 3. The van der Waals surface area contributed by atoms with Crippen molar-refractivity contribution >= 4 is 18.4 Å². The predicted molar refractivity (Wildman–Crippen MR) is 60.5 cm³/mol. The lowest BCUT2D eigenvalue weighted by atomic mass is 9.88. The Balaban J connectivity index is 0.00000225. The van der Waals surface area contributed by atoms with Crippen molar-refractivity contribution in [2.75, 3.05) is 0 Å². The maximum Gasteiger partial charge on any atom is 0.306 e. The zero-order valence-corrected chi connectivity index (χ0v) is 9.79. The van der Waals surface area contributed by atoms with Crippen LogP contribution in [0.15, 0.2) is 18.2 Å². The molecule has 0 bridgehead atoms. The highest BCUT2D eigenvalue weighted by Crippen LogP contribution is 2.28. The Labute approximate surface area is 99.3 Å². The van der Waals surface area contributed by atoms with Crippen LogP contribution in [0.4, 0.5) is 4.39 Å². The van der Waals surface area contributed by atoms with Gasteiger partial charge in [-0.1, -0.05) is 19.9 Å². The van der Waals surface area contributed by atoms with Gasteiger partial charge in [0.15, 0.2) is 0 Å². The maximum absolute atomic E-state index is 13.4. The van der Waals surface area contributed by atoms with Crippen molar-refractivity contribution in [3.8, 4) is 5.75 Å². The van der Waals surface area contributed by atoms with Crippen LogP contribution in [0.3, 0.4) is 0 Å². The number of hydrogen-bond acceptors (Lipinski definition) is 2. The lowest BCUT2D eigenvalue weighted by molar-refractivity contribution is -0.141. The van der Waals surface area contributed by atoms with Gasteiger partial charge >= 0.3 is 5.97 Å². The van der Waals surface area contributed by atoms with Gasteiger partial charge in [-0.15, -0.1) is 12.4 Å². The molecule has 5 heteroatoms. The number of carboxylic acids is 1. The van der Waals surface area contributed by atoms with E-state index in [0.717, 1.165) is 6.07 Å². The van der Waals surface area contributed by atoms with Crippen LogP contribution in [0.1, 0.15) is 25.3 Å². The maximum atomic E-state index is 13.4. The Bertz CT molecular complexity index is 381. The van der Waals surface area contributed by atoms with Crippen LogP contribution >= 0.6 is 12.4 Å². The van der Waals surface area contributed by atoms with Crippen molar-refractivity contribution in [1.82, 2.24) is 0 Å². The molecule has 16 heavy (non-hydrogen) atoms. The van der Waals surface area contributed by atoms with E-state index in [1.807, 2.05) is 0 Å². The normalized spacial score (nSPS) is 13.7. The molecule has 0 saturated carbocycles. The standard InChI is InChI=1S/C11H13FO3.ClH/c1-6(7(2)11(14)15)9-4-3-8(13)5-10(9)12;/h3-7,13H,1-2H3,(H,14,15);1H/t6-,7-;/m0./s1. The van der Waals surface area contributed by atoms with E-state index in [1.54, 1.807) is 6.92 Å². The molecular formula is C11H14ClFO3. The molecule has 0 saturated heterocycles. The van der Waals surface area contributed by atoms with E-state index in [0.29, 0.717) is 5.56 Å². The first-order chi connectivity index (χ1) is 6.93. The van der Waals surface area contributed by atoms with Gasteiger partial charge in [-0.25, -0.2) is 4.39 Å². The summed E-state index contributed by atoms with van der Waals surface area (Å²) in [5, 5.41) is 17.8. The van der Waals surface area contributed by atoms with E-state index in [4.69, 9.17) is 10.2 Å². The number of aliphatic carboxylic acids is 1. The molecule has 0 radical (unpaired) electrons. The van der Waals surface area contributed by atoms with E-state index < -0.39 is 23.6 Å². The molecule has 2 atom stereocenters. The molecule has 1 rings (SSSR count). The van der Waals surface area contributed by atoms with Crippen LogP contribution in [-0.4, -0.2) is 16.2 Å². The van der Waals surface area contributed by atoms with Crippen molar-refractivity contribution < 1.29 is 19.4 Å². The quantitative estimate of drug-likeness (QED) is 0.865. The second kappa shape index (κ2) is 5.70. The molecule has 0 spiro atoms. The Morgan fingerprint density at radius 1 is 1.38 bits per heavy atom. The summed E-state index contributed by atoms with van der Waals surface area (Å²) >= 11 is 0. The average Bonchev–Trinajstić information content (AvgIpc) is 2.15. The highest BCUT2D eigenvalue weighted by Gasteiger charge is 2.23. The lowest BCUT2D eigenvalue weighted by Crippen LogP contribution is -2.17. The van der Waals surface area contributed by atoms with Gasteiger partial charge in [0.05, 0.1) is 5.92 Å². The van der Waals surface area contributed by atoms with Crippen molar-refractivity contribution in [3.05, 3.63) is 29.6 Å². The SMILES string of the molecule is C[C@H](C(=O)O)[C@H](C)c1ccc(O)cc1F.Cl. The summed E-state index contributed by atoms with van der Waals surface area (Å²) < 4.78 is 13.4. The van der Waals surface area contributed by atoms with Gasteiger partial charge in [0.2, 0.25) is 0 Å². The number of phenols is 1. The molecule has 0 heterocycles. The minimum atomic E-state index is -0.963. The Morgan fingerprint density at radius 2 is 1.94 bits per heavy atom. The van der Waals surface area contributed by atoms with Gasteiger partial charge < -0.3 is 10.2 Å². The summed E-state index contributed by atoms with van der Waals surface area (Å²) in [5.74, 6) is -2.79. The molecule has 0 aliphatic rings. The summed E-state index contributed by atoms with van der Waals surface area (Å²) in [6.07, 6.45) is 0. The first kappa shape index (κ1) is 14.7. The van der Waals surface area contributed by atoms with Gasteiger partial charge in [-0.05, 0) is 17.5 Å². The Morgan fingerprint density at radius 3 is 2.38 bits per heavy atom. The molecule has 0 fully saturated rings. The van der Waals surface area contributed by atoms with Crippen LogP contribution in [0.25, 0.3) is 0 Å². The molecule has 0 aliphatic carbocycles. The number of aromatic hydroxyl groups is 1. The van der Waals surface area contributed by atoms with Gasteiger partial charge in [-0.3, -0.25) is 4.79 Å². The third kappa shape index (κ3) is 3.10. The van der Waals surface area contributed by atoms with Crippen LogP contribution < -0.4 is 0 Å². The van der Waals surface area contributed by atoms with Crippen LogP contribution in [0.5, 0.6) is 5.75 Å². The number of benzene rings is 1. The highest BCUT2D eigenvalue weighted by molar-refractivity contribution is 5.85. The van der Waals surface area contributed by atoms with Crippen LogP contribution in [0.2, 0.25) is 0 Å². The predicted octanol–water partition coefficient (Wildman–Crippen LogP) is 2.78. The molecule has 0 aromatic heterocycles. The first-order valence-electron chi connectivity index (χ1n) is 4.64. The molecule has 0 aliphatic heterocycles. The summed E-state index contributed by atoms with van der Waals surface area (Å²) in [5.41, 5.74) is 0.308. The van der Waals surface area contributed by atoms with E-state index in [1.165, 1.54) is 19.1 Å². The second-order valence-electron chi connectivity index (χ2n) is 3.62. The number of hydrogen-bond donors (Lipinski definition) is 2. The number of carbonyl (C=O) groups is 1. The van der Waals surface area contributed by atoms with E-state index in [9.17, 15) is 9.18 Å². The Kier molecular flexibility index (Phi) is 5.24. The fraction of sp³-hybridized carbons (Fsp3) is 0.364. The molecule has 2 N–H and O–H groups in total. The lowest BCUT2D eigenvalue weighted by Gasteiger charge is -2.16. The fourth-order valence-corrected chi connectivity index (χ4v) is 1.37. The molecule has 1 aromatic rings. The first-order valence-corrected chi connectivity index (χ1v) is 4.64. The zero-order chi connectivity index (χ0) is 11.6.